The van der Waals surface area contributed by atoms with Crippen molar-refractivity contribution in [1.29, 1.82) is 0 Å². The third-order valence-electron chi connectivity index (χ3n) is 5.88. The first-order valence-corrected chi connectivity index (χ1v) is 9.88. The van der Waals surface area contributed by atoms with Crippen molar-refractivity contribution in [1.82, 2.24) is 10.2 Å². The van der Waals surface area contributed by atoms with E-state index >= 15 is 0 Å². The Morgan fingerprint density at radius 3 is 2.46 bits per heavy atom. The summed E-state index contributed by atoms with van der Waals surface area (Å²) in [5.41, 5.74) is 0. The molecule has 1 amide bonds. The molecule has 2 heterocycles. The fraction of sp³-hybridized carbons (Fsp3) is 0.667. The fourth-order valence-corrected chi connectivity index (χ4v) is 4.06. The van der Waals surface area contributed by atoms with Crippen molar-refractivity contribution >= 4 is 18.3 Å². The molecular weight excluding hydrogens is 348 g/mol. The molecule has 0 saturated carbocycles. The van der Waals surface area contributed by atoms with Gasteiger partial charge in [0, 0.05) is 19.5 Å². The fourth-order valence-electron chi connectivity index (χ4n) is 4.06. The van der Waals surface area contributed by atoms with Gasteiger partial charge in [-0.1, -0.05) is 25.1 Å². The Labute approximate surface area is 164 Å². The van der Waals surface area contributed by atoms with Crippen molar-refractivity contribution in [2.75, 3.05) is 32.8 Å². The van der Waals surface area contributed by atoms with Gasteiger partial charge in [-0.25, -0.2) is 0 Å². The molecule has 3 rings (SSSR count). The molecule has 2 fully saturated rings. The molecule has 0 radical (unpaired) electrons. The Morgan fingerprint density at radius 2 is 1.81 bits per heavy atom. The molecule has 2 aliphatic heterocycles. The number of nitrogens with one attached hydrogen (secondary N) is 1. The first kappa shape index (κ1) is 21.0. The minimum absolute atomic E-state index is 0. The van der Waals surface area contributed by atoms with Gasteiger partial charge in [0.2, 0.25) is 5.91 Å². The molecule has 2 saturated heterocycles. The number of hydrogen-bond acceptors (Lipinski definition) is 3. The summed E-state index contributed by atoms with van der Waals surface area (Å²) in [5.74, 6) is 3.08. The van der Waals surface area contributed by atoms with Crippen LogP contribution in [0.5, 0.6) is 5.75 Å². The van der Waals surface area contributed by atoms with Crippen molar-refractivity contribution in [3.05, 3.63) is 30.3 Å². The maximum atomic E-state index is 12.6. The quantitative estimate of drug-likeness (QED) is 0.817. The summed E-state index contributed by atoms with van der Waals surface area (Å²) < 4.78 is 5.88. The number of carbonyl (C=O) groups is 1. The van der Waals surface area contributed by atoms with Gasteiger partial charge >= 0.3 is 0 Å². The number of nitrogens with zero attached hydrogens (tertiary/aromatic N) is 1. The Balaban J connectivity index is 0.00000243. The van der Waals surface area contributed by atoms with E-state index in [4.69, 9.17) is 4.74 Å². The van der Waals surface area contributed by atoms with Gasteiger partial charge in [0.25, 0.3) is 0 Å². The van der Waals surface area contributed by atoms with E-state index in [9.17, 15) is 4.79 Å². The number of amides is 1. The summed E-state index contributed by atoms with van der Waals surface area (Å²) in [4.78, 5) is 14.7. The molecule has 2 aliphatic rings. The number of piperidine rings is 2. The van der Waals surface area contributed by atoms with Gasteiger partial charge in [0.1, 0.15) is 5.75 Å². The zero-order valence-corrected chi connectivity index (χ0v) is 16.7. The molecule has 1 N–H and O–H groups in total. The van der Waals surface area contributed by atoms with Gasteiger partial charge in [0.05, 0.1) is 6.61 Å². The molecule has 0 bridgehead atoms. The number of para-hydroxylation sites is 1. The highest BCUT2D eigenvalue weighted by atomic mass is 35.5. The smallest absolute Gasteiger partial charge is 0.222 e. The zero-order valence-electron chi connectivity index (χ0n) is 15.9. The monoisotopic (exact) mass is 380 g/mol. The highest BCUT2D eigenvalue weighted by molar-refractivity contribution is 5.85. The van der Waals surface area contributed by atoms with Crippen LogP contribution in [0.15, 0.2) is 30.3 Å². The molecule has 1 aromatic carbocycles. The summed E-state index contributed by atoms with van der Waals surface area (Å²) in [7, 11) is 0. The average Bonchev–Trinajstić information content (AvgIpc) is 2.68. The zero-order chi connectivity index (χ0) is 17.5. The standard InChI is InChI=1S/C21H32N2O2.ClH/c1-17(19-7-11-22-12-8-19)15-21(24)23-13-9-18(10-14-23)16-25-20-5-3-2-4-6-20;/h2-6,17-19,22H,7-16H2,1H3;1H. The second kappa shape index (κ2) is 10.8. The van der Waals surface area contributed by atoms with Crippen LogP contribution in [-0.2, 0) is 4.79 Å². The molecule has 1 unspecified atom stereocenters. The Bertz CT molecular complexity index is 526. The number of carbonyl (C=O) groups excluding carboxylic acids is 1. The van der Waals surface area contributed by atoms with E-state index in [0.29, 0.717) is 23.7 Å². The lowest BCUT2D eigenvalue weighted by molar-refractivity contribution is -0.134. The number of benzene rings is 1. The number of rotatable bonds is 6. The van der Waals surface area contributed by atoms with Crippen LogP contribution in [-0.4, -0.2) is 43.6 Å². The van der Waals surface area contributed by atoms with Gasteiger partial charge in [-0.3, -0.25) is 4.79 Å². The van der Waals surface area contributed by atoms with Crippen LogP contribution in [0.3, 0.4) is 0 Å². The normalized spacial score (nSPS) is 20.3. The van der Waals surface area contributed by atoms with Crippen LogP contribution in [0, 0.1) is 17.8 Å². The van der Waals surface area contributed by atoms with Gasteiger partial charge in [0.15, 0.2) is 0 Å². The Morgan fingerprint density at radius 1 is 1.15 bits per heavy atom. The average molecular weight is 381 g/mol. The summed E-state index contributed by atoms with van der Waals surface area (Å²) in [6.07, 6.45) is 5.26. The van der Waals surface area contributed by atoms with Crippen molar-refractivity contribution in [2.24, 2.45) is 17.8 Å². The van der Waals surface area contributed by atoms with Crippen LogP contribution < -0.4 is 10.1 Å². The van der Waals surface area contributed by atoms with Crippen molar-refractivity contribution in [2.45, 2.75) is 39.0 Å². The molecule has 0 spiro atoms. The van der Waals surface area contributed by atoms with E-state index < -0.39 is 0 Å². The molecule has 0 aromatic heterocycles. The van der Waals surface area contributed by atoms with Crippen LogP contribution >= 0.6 is 12.4 Å². The van der Waals surface area contributed by atoms with E-state index in [2.05, 4.69) is 17.1 Å². The molecule has 0 aliphatic carbocycles. The predicted octanol–water partition coefficient (Wildman–Crippen LogP) is 3.75. The molecule has 146 valence electrons. The van der Waals surface area contributed by atoms with Gasteiger partial charge in [-0.05, 0) is 68.7 Å². The number of likely N-dealkylation sites (tertiary alicyclic amines) is 1. The number of hydrogen-bond donors (Lipinski definition) is 1. The maximum Gasteiger partial charge on any atom is 0.222 e. The summed E-state index contributed by atoms with van der Waals surface area (Å²) in [5, 5.41) is 3.41. The van der Waals surface area contributed by atoms with Crippen LogP contribution in [0.1, 0.15) is 39.0 Å². The third kappa shape index (κ3) is 6.17. The number of halogens is 1. The Hall–Kier alpha value is -1.26. The highest BCUT2D eigenvalue weighted by Crippen LogP contribution is 2.26. The lowest BCUT2D eigenvalue weighted by Crippen LogP contribution is -2.41. The van der Waals surface area contributed by atoms with Crippen molar-refractivity contribution in [3.63, 3.8) is 0 Å². The van der Waals surface area contributed by atoms with Crippen LogP contribution in [0.2, 0.25) is 0 Å². The largest absolute Gasteiger partial charge is 0.493 e. The summed E-state index contributed by atoms with van der Waals surface area (Å²) in [6, 6.07) is 10.0. The summed E-state index contributed by atoms with van der Waals surface area (Å²) in [6.45, 7) is 7.01. The van der Waals surface area contributed by atoms with E-state index in [1.165, 1.54) is 12.8 Å². The molecule has 5 heteroatoms. The van der Waals surface area contributed by atoms with E-state index in [0.717, 1.165) is 57.8 Å². The second-order valence-corrected chi connectivity index (χ2v) is 7.72. The highest BCUT2D eigenvalue weighted by Gasteiger charge is 2.27. The first-order valence-electron chi connectivity index (χ1n) is 9.88. The van der Waals surface area contributed by atoms with Crippen molar-refractivity contribution < 1.29 is 9.53 Å². The van der Waals surface area contributed by atoms with Crippen molar-refractivity contribution in [3.8, 4) is 5.75 Å². The Kier molecular flexibility index (Phi) is 8.73. The minimum Gasteiger partial charge on any atom is -0.493 e. The third-order valence-corrected chi connectivity index (χ3v) is 5.88. The summed E-state index contributed by atoms with van der Waals surface area (Å²) >= 11 is 0. The van der Waals surface area contributed by atoms with Gasteiger partial charge in [-0.2, -0.15) is 0 Å². The van der Waals surface area contributed by atoms with E-state index in [1.54, 1.807) is 0 Å². The molecule has 1 aromatic rings. The number of ether oxygens (including phenoxy) is 1. The van der Waals surface area contributed by atoms with Gasteiger partial charge < -0.3 is 15.0 Å². The molecule has 4 nitrogen and oxygen atoms in total. The maximum absolute atomic E-state index is 12.6. The molecular formula is C21H33ClN2O2. The molecule has 1 atom stereocenters. The lowest BCUT2D eigenvalue weighted by atomic mass is 9.83. The minimum atomic E-state index is 0. The molecule has 26 heavy (non-hydrogen) atoms. The second-order valence-electron chi connectivity index (χ2n) is 7.72. The first-order chi connectivity index (χ1) is 12.2. The van der Waals surface area contributed by atoms with Crippen LogP contribution in [0.4, 0.5) is 0 Å². The lowest BCUT2D eigenvalue weighted by Gasteiger charge is -2.34. The van der Waals surface area contributed by atoms with Crippen LogP contribution in [0.25, 0.3) is 0 Å². The predicted molar refractivity (Wildman–Crippen MR) is 108 cm³/mol. The topological polar surface area (TPSA) is 41.6 Å². The van der Waals surface area contributed by atoms with Gasteiger partial charge in [-0.15, -0.1) is 12.4 Å². The van der Waals surface area contributed by atoms with E-state index in [-0.39, 0.29) is 12.4 Å². The SMILES string of the molecule is CC(CC(=O)N1CCC(COc2ccccc2)CC1)C1CCNCC1.Cl. The van der Waals surface area contributed by atoms with E-state index in [1.807, 2.05) is 30.3 Å².